The second kappa shape index (κ2) is 4.65. The Morgan fingerprint density at radius 1 is 1.29 bits per heavy atom. The summed E-state index contributed by atoms with van der Waals surface area (Å²) >= 11 is 0. The van der Waals surface area contributed by atoms with Gasteiger partial charge in [-0.1, -0.05) is 6.92 Å². The van der Waals surface area contributed by atoms with E-state index in [-0.39, 0.29) is 11.4 Å². The highest BCUT2D eigenvalue weighted by molar-refractivity contribution is 5.47. The molecule has 1 N–H and O–H groups in total. The Hall–Kier alpha value is -1.09. The molecule has 1 atom stereocenters. The first-order chi connectivity index (χ1) is 7.96. The summed E-state index contributed by atoms with van der Waals surface area (Å²) in [5, 5.41) is 3.57. The summed E-state index contributed by atoms with van der Waals surface area (Å²) in [7, 11) is 0. The third-order valence-electron chi connectivity index (χ3n) is 3.24. The van der Waals surface area contributed by atoms with E-state index in [1.54, 1.807) is 0 Å². The zero-order chi connectivity index (χ0) is 12.5. The Labute approximate surface area is 103 Å². The van der Waals surface area contributed by atoms with Gasteiger partial charge in [0.25, 0.3) is 0 Å². The summed E-state index contributed by atoms with van der Waals surface area (Å²) < 4.78 is 12.9. The van der Waals surface area contributed by atoms with Crippen molar-refractivity contribution in [3.8, 4) is 0 Å². The fourth-order valence-corrected chi connectivity index (χ4v) is 2.34. The molecule has 2 nitrogen and oxygen atoms in total. The average molecular weight is 236 g/mol. The number of rotatable bonds is 1. The van der Waals surface area contributed by atoms with Crippen molar-refractivity contribution in [1.29, 1.82) is 0 Å². The molecule has 1 fully saturated rings. The van der Waals surface area contributed by atoms with Gasteiger partial charge in [-0.15, -0.1) is 0 Å². The van der Waals surface area contributed by atoms with Gasteiger partial charge in [0.05, 0.1) is 0 Å². The van der Waals surface area contributed by atoms with Crippen molar-refractivity contribution in [3.05, 3.63) is 30.1 Å². The maximum absolute atomic E-state index is 12.9. The van der Waals surface area contributed by atoms with Crippen LogP contribution in [0, 0.1) is 11.7 Å². The number of nitrogens with one attached hydrogen (secondary N) is 1. The highest BCUT2D eigenvalue weighted by atomic mass is 19.1. The Morgan fingerprint density at radius 2 is 1.94 bits per heavy atom. The molecular formula is C14H21FN2. The molecule has 0 bridgehead atoms. The summed E-state index contributed by atoms with van der Waals surface area (Å²) in [6, 6.07) is 6.80. The first-order valence-electron chi connectivity index (χ1n) is 6.22. The fraction of sp³-hybridized carbons (Fsp3) is 0.571. The second-order valence-corrected chi connectivity index (χ2v) is 5.73. The molecule has 1 aromatic rings. The van der Waals surface area contributed by atoms with Crippen LogP contribution in [0.4, 0.5) is 10.1 Å². The summed E-state index contributed by atoms with van der Waals surface area (Å²) in [6.07, 6.45) is 0. The van der Waals surface area contributed by atoms with Crippen LogP contribution in [-0.2, 0) is 0 Å². The molecule has 17 heavy (non-hydrogen) atoms. The normalized spacial score (nSPS) is 24.5. The molecule has 1 aromatic carbocycles. The molecule has 0 amide bonds. The summed E-state index contributed by atoms with van der Waals surface area (Å²) in [4.78, 5) is 2.34. The molecular weight excluding hydrogens is 215 g/mol. The minimum atomic E-state index is -0.172. The minimum Gasteiger partial charge on any atom is -0.369 e. The lowest BCUT2D eigenvalue weighted by Gasteiger charge is -2.31. The topological polar surface area (TPSA) is 15.3 Å². The van der Waals surface area contributed by atoms with Gasteiger partial charge < -0.3 is 10.2 Å². The summed E-state index contributed by atoms with van der Waals surface area (Å²) in [6.45, 7) is 9.66. The van der Waals surface area contributed by atoms with Crippen molar-refractivity contribution in [1.82, 2.24) is 5.32 Å². The van der Waals surface area contributed by atoms with Crippen LogP contribution < -0.4 is 10.2 Å². The second-order valence-electron chi connectivity index (χ2n) is 5.73. The van der Waals surface area contributed by atoms with E-state index in [1.165, 1.54) is 12.1 Å². The predicted molar refractivity (Wildman–Crippen MR) is 69.9 cm³/mol. The van der Waals surface area contributed by atoms with Crippen LogP contribution in [-0.4, -0.2) is 25.2 Å². The lowest BCUT2D eigenvalue weighted by atomic mass is 10.1. The largest absolute Gasteiger partial charge is 0.369 e. The van der Waals surface area contributed by atoms with Crippen molar-refractivity contribution < 1.29 is 4.39 Å². The highest BCUT2D eigenvalue weighted by Crippen LogP contribution is 2.21. The van der Waals surface area contributed by atoms with Crippen LogP contribution in [0.5, 0.6) is 0 Å². The third kappa shape index (κ3) is 3.19. The van der Waals surface area contributed by atoms with E-state index in [1.807, 2.05) is 12.1 Å². The van der Waals surface area contributed by atoms with Crippen molar-refractivity contribution in [2.45, 2.75) is 26.3 Å². The molecule has 2 rings (SSSR count). The number of halogens is 1. The zero-order valence-electron chi connectivity index (χ0n) is 10.8. The quantitative estimate of drug-likeness (QED) is 0.806. The minimum absolute atomic E-state index is 0.0964. The first-order valence-corrected chi connectivity index (χ1v) is 6.22. The van der Waals surface area contributed by atoms with E-state index >= 15 is 0 Å². The van der Waals surface area contributed by atoms with Crippen LogP contribution in [0.2, 0.25) is 0 Å². The number of nitrogens with zero attached hydrogens (tertiary/aromatic N) is 1. The molecule has 0 saturated carbocycles. The maximum atomic E-state index is 12.9. The van der Waals surface area contributed by atoms with E-state index in [2.05, 4.69) is 31.0 Å². The van der Waals surface area contributed by atoms with Crippen molar-refractivity contribution >= 4 is 5.69 Å². The SMILES string of the molecule is CC1CNC(C)(C)CN(c2ccc(F)cc2)C1. The Morgan fingerprint density at radius 3 is 2.59 bits per heavy atom. The van der Waals surface area contributed by atoms with E-state index < -0.39 is 0 Å². The molecule has 1 heterocycles. The predicted octanol–water partition coefficient (Wildman–Crippen LogP) is 2.65. The van der Waals surface area contributed by atoms with Crippen molar-refractivity contribution in [2.24, 2.45) is 5.92 Å². The van der Waals surface area contributed by atoms with Crippen molar-refractivity contribution in [2.75, 3.05) is 24.5 Å². The molecule has 1 saturated heterocycles. The molecule has 1 aliphatic rings. The fourth-order valence-electron chi connectivity index (χ4n) is 2.34. The molecule has 94 valence electrons. The van der Waals surface area contributed by atoms with Gasteiger partial charge in [-0.3, -0.25) is 0 Å². The van der Waals surface area contributed by atoms with Gasteiger partial charge in [0.15, 0.2) is 0 Å². The third-order valence-corrected chi connectivity index (χ3v) is 3.24. The number of hydrogen-bond acceptors (Lipinski definition) is 2. The average Bonchev–Trinajstić information content (AvgIpc) is 2.39. The molecule has 0 aromatic heterocycles. The van der Waals surface area contributed by atoms with Gasteiger partial charge in [-0.25, -0.2) is 4.39 Å². The van der Waals surface area contributed by atoms with Gasteiger partial charge >= 0.3 is 0 Å². The van der Waals surface area contributed by atoms with Crippen LogP contribution in [0.1, 0.15) is 20.8 Å². The summed E-state index contributed by atoms with van der Waals surface area (Å²) in [5.74, 6) is 0.427. The maximum Gasteiger partial charge on any atom is 0.123 e. The lowest BCUT2D eigenvalue weighted by molar-refractivity contribution is 0.402. The number of hydrogen-bond donors (Lipinski definition) is 1. The van der Waals surface area contributed by atoms with Gasteiger partial charge in [0.2, 0.25) is 0 Å². The Kier molecular flexibility index (Phi) is 3.38. The standard InChI is InChI=1S/C14H21FN2/c1-11-8-16-14(2,3)10-17(9-11)13-6-4-12(15)5-7-13/h4-7,11,16H,8-10H2,1-3H3. The van der Waals surface area contributed by atoms with Gasteiger partial charge in [-0.05, 0) is 50.6 Å². The van der Waals surface area contributed by atoms with Gasteiger partial charge in [-0.2, -0.15) is 0 Å². The van der Waals surface area contributed by atoms with E-state index in [4.69, 9.17) is 0 Å². The molecule has 3 heteroatoms. The van der Waals surface area contributed by atoms with Crippen LogP contribution in [0.25, 0.3) is 0 Å². The monoisotopic (exact) mass is 236 g/mol. The molecule has 0 radical (unpaired) electrons. The number of benzene rings is 1. The van der Waals surface area contributed by atoms with Gasteiger partial charge in [0.1, 0.15) is 5.82 Å². The Balaban J connectivity index is 2.20. The molecule has 0 spiro atoms. The van der Waals surface area contributed by atoms with Gasteiger partial charge in [0, 0.05) is 24.3 Å². The highest BCUT2D eigenvalue weighted by Gasteiger charge is 2.26. The molecule has 1 aliphatic heterocycles. The Bertz CT molecular complexity index is 372. The summed E-state index contributed by atoms with van der Waals surface area (Å²) in [5.41, 5.74) is 1.20. The molecule has 1 unspecified atom stereocenters. The van der Waals surface area contributed by atoms with E-state index in [9.17, 15) is 4.39 Å². The van der Waals surface area contributed by atoms with Crippen LogP contribution in [0.3, 0.4) is 0 Å². The smallest absolute Gasteiger partial charge is 0.123 e. The van der Waals surface area contributed by atoms with E-state index in [0.717, 1.165) is 25.3 Å². The lowest BCUT2D eigenvalue weighted by Crippen LogP contribution is -2.46. The van der Waals surface area contributed by atoms with E-state index in [0.29, 0.717) is 5.92 Å². The molecule has 0 aliphatic carbocycles. The number of anilines is 1. The first kappa shape index (κ1) is 12.4. The van der Waals surface area contributed by atoms with Crippen LogP contribution in [0.15, 0.2) is 24.3 Å². The zero-order valence-corrected chi connectivity index (χ0v) is 10.8. The van der Waals surface area contributed by atoms with Crippen molar-refractivity contribution in [3.63, 3.8) is 0 Å². The van der Waals surface area contributed by atoms with Crippen LogP contribution >= 0.6 is 0 Å².